The van der Waals surface area contributed by atoms with Crippen LogP contribution in [0, 0.1) is 27.7 Å². The van der Waals surface area contributed by atoms with Gasteiger partial charge in [-0.1, -0.05) is 156 Å². The minimum absolute atomic E-state index is 0.686. The maximum absolute atomic E-state index is 6.56. The molecule has 0 saturated heterocycles. The molecular formula is C65H50O4. The van der Waals surface area contributed by atoms with Crippen molar-refractivity contribution in [3.05, 3.63) is 275 Å². The van der Waals surface area contributed by atoms with Crippen molar-refractivity contribution in [2.75, 3.05) is 0 Å². The first-order valence-corrected chi connectivity index (χ1v) is 23.4. The molecule has 0 atom stereocenters. The fraction of sp³-hybridized carbons (Fsp3) is 0.0769. The Kier molecular flexibility index (Phi) is 11.4. The second kappa shape index (κ2) is 18.2. The monoisotopic (exact) mass is 894 g/mol. The van der Waals surface area contributed by atoms with Crippen LogP contribution in [0.3, 0.4) is 0 Å². The smallest absolute Gasteiger partial charge is 0.131 e. The van der Waals surface area contributed by atoms with E-state index in [1.54, 1.807) is 0 Å². The van der Waals surface area contributed by atoms with Crippen LogP contribution < -0.4 is 18.9 Å². The van der Waals surface area contributed by atoms with E-state index in [1.165, 1.54) is 66.8 Å². The largest absolute Gasteiger partial charge is 0.457 e. The van der Waals surface area contributed by atoms with E-state index in [0.717, 1.165) is 34.1 Å². The van der Waals surface area contributed by atoms with Crippen LogP contribution in [0.1, 0.15) is 44.5 Å². The molecule has 0 aliphatic heterocycles. The second-order valence-corrected chi connectivity index (χ2v) is 18.1. The standard InChI is InChI=1S/C65H50O4/c1-43-33-44(2)36-49(35-43)47-21-31-61-62-32-22-48(50-37-45(3)34-46(4)38-50)40-64(62)65(63(61)39-47,51-23-27-55(28-24-51)68-59-19-11-17-57(41-59)66-53-13-7-5-8-14-53)52-25-29-56(30-26-52)69-60-20-12-18-58(42-60)67-54-15-9-6-10-16-54/h5-42H,1-4H3. The minimum atomic E-state index is -0.738. The van der Waals surface area contributed by atoms with Gasteiger partial charge in [0.05, 0.1) is 5.41 Å². The third-order valence-corrected chi connectivity index (χ3v) is 12.9. The Morgan fingerprint density at radius 2 is 0.565 bits per heavy atom. The van der Waals surface area contributed by atoms with Crippen LogP contribution in [0.4, 0.5) is 0 Å². The van der Waals surface area contributed by atoms with Gasteiger partial charge in [-0.3, -0.25) is 0 Å². The zero-order chi connectivity index (χ0) is 46.9. The summed E-state index contributed by atoms with van der Waals surface area (Å²) in [7, 11) is 0. The normalized spacial score (nSPS) is 12.2. The van der Waals surface area contributed by atoms with Crippen molar-refractivity contribution >= 4 is 0 Å². The third-order valence-electron chi connectivity index (χ3n) is 12.9. The molecule has 4 heteroatoms. The maximum Gasteiger partial charge on any atom is 0.131 e. The summed E-state index contributed by atoms with van der Waals surface area (Å²) in [4.78, 5) is 0. The van der Waals surface area contributed by atoms with Crippen LogP contribution in [0.2, 0.25) is 0 Å². The number of ether oxygens (including phenoxy) is 4. The maximum atomic E-state index is 6.56. The van der Waals surface area contributed by atoms with Gasteiger partial charge in [0.2, 0.25) is 0 Å². The van der Waals surface area contributed by atoms with E-state index in [9.17, 15) is 0 Å². The van der Waals surface area contributed by atoms with Gasteiger partial charge < -0.3 is 18.9 Å². The molecule has 0 fully saturated rings. The van der Waals surface area contributed by atoms with Gasteiger partial charge in [-0.05, 0) is 168 Å². The summed E-state index contributed by atoms with van der Waals surface area (Å²) in [5.41, 5.74) is 16.0. The summed E-state index contributed by atoms with van der Waals surface area (Å²) in [5.74, 6) is 5.76. The van der Waals surface area contributed by atoms with Crippen LogP contribution in [0.25, 0.3) is 33.4 Å². The van der Waals surface area contributed by atoms with Crippen LogP contribution in [0.15, 0.2) is 231 Å². The Balaban J connectivity index is 1.05. The van der Waals surface area contributed by atoms with Crippen molar-refractivity contribution < 1.29 is 18.9 Å². The minimum Gasteiger partial charge on any atom is -0.457 e. The summed E-state index contributed by atoms with van der Waals surface area (Å²) in [6.45, 7) is 8.69. The molecule has 0 saturated carbocycles. The molecule has 1 aliphatic carbocycles. The number of para-hydroxylation sites is 2. The number of hydrogen-bond acceptors (Lipinski definition) is 4. The lowest BCUT2D eigenvalue weighted by Crippen LogP contribution is -2.28. The molecule has 10 aromatic rings. The number of fused-ring (bicyclic) bond motifs is 3. The van der Waals surface area contributed by atoms with E-state index in [2.05, 4.69) is 149 Å². The van der Waals surface area contributed by atoms with E-state index in [1.807, 2.05) is 109 Å². The highest BCUT2D eigenvalue weighted by Crippen LogP contribution is 2.58. The lowest BCUT2D eigenvalue weighted by Gasteiger charge is -2.34. The number of aryl methyl sites for hydroxylation is 4. The van der Waals surface area contributed by atoms with Gasteiger partial charge in [-0.2, -0.15) is 0 Å². The van der Waals surface area contributed by atoms with E-state index < -0.39 is 5.41 Å². The highest BCUT2D eigenvalue weighted by Gasteiger charge is 2.46. The Hall–Kier alpha value is -8.60. The molecule has 1 aliphatic rings. The number of rotatable bonds is 12. The average molecular weight is 895 g/mol. The molecule has 4 nitrogen and oxygen atoms in total. The molecule has 0 radical (unpaired) electrons. The molecule has 0 heterocycles. The van der Waals surface area contributed by atoms with Gasteiger partial charge in [0.1, 0.15) is 46.0 Å². The van der Waals surface area contributed by atoms with Crippen molar-refractivity contribution in [1.29, 1.82) is 0 Å². The number of hydrogen-bond donors (Lipinski definition) is 0. The topological polar surface area (TPSA) is 36.9 Å². The zero-order valence-electron chi connectivity index (χ0n) is 39.1. The molecule has 334 valence electrons. The lowest BCUT2D eigenvalue weighted by molar-refractivity contribution is 0.460. The molecule has 0 amide bonds. The predicted molar refractivity (Wildman–Crippen MR) is 280 cm³/mol. The first-order valence-electron chi connectivity index (χ1n) is 23.4. The Morgan fingerprint density at radius 3 is 0.913 bits per heavy atom. The van der Waals surface area contributed by atoms with Crippen molar-refractivity contribution in [1.82, 2.24) is 0 Å². The van der Waals surface area contributed by atoms with Gasteiger partial charge in [-0.15, -0.1) is 0 Å². The fourth-order valence-corrected chi connectivity index (χ4v) is 10.0. The van der Waals surface area contributed by atoms with Crippen molar-refractivity contribution in [3.8, 4) is 79.4 Å². The molecule has 0 spiro atoms. The lowest BCUT2D eigenvalue weighted by atomic mass is 9.67. The van der Waals surface area contributed by atoms with Crippen molar-refractivity contribution in [2.24, 2.45) is 0 Å². The van der Waals surface area contributed by atoms with Gasteiger partial charge in [0.25, 0.3) is 0 Å². The van der Waals surface area contributed by atoms with Gasteiger partial charge in [-0.25, -0.2) is 0 Å². The van der Waals surface area contributed by atoms with Crippen molar-refractivity contribution in [3.63, 3.8) is 0 Å². The summed E-state index contributed by atoms with van der Waals surface area (Å²) in [6.07, 6.45) is 0. The van der Waals surface area contributed by atoms with Crippen molar-refractivity contribution in [2.45, 2.75) is 33.1 Å². The van der Waals surface area contributed by atoms with Crippen LogP contribution in [-0.2, 0) is 5.41 Å². The van der Waals surface area contributed by atoms with Crippen LogP contribution in [-0.4, -0.2) is 0 Å². The Bertz CT molecular complexity index is 3190. The summed E-state index contributed by atoms with van der Waals surface area (Å²) < 4.78 is 25.4. The molecule has 11 rings (SSSR count). The second-order valence-electron chi connectivity index (χ2n) is 18.1. The first-order chi connectivity index (χ1) is 33.7. The quantitative estimate of drug-likeness (QED) is 0.122. The van der Waals surface area contributed by atoms with Crippen LogP contribution >= 0.6 is 0 Å². The molecule has 0 bridgehead atoms. The zero-order valence-corrected chi connectivity index (χ0v) is 39.1. The van der Waals surface area contributed by atoms with E-state index in [4.69, 9.17) is 18.9 Å². The third kappa shape index (κ3) is 8.77. The molecule has 10 aromatic carbocycles. The van der Waals surface area contributed by atoms with E-state index >= 15 is 0 Å². The highest BCUT2D eigenvalue weighted by molar-refractivity contribution is 5.90. The molecular weight excluding hydrogens is 845 g/mol. The molecule has 0 N–H and O–H groups in total. The predicted octanol–water partition coefficient (Wildman–Crippen LogP) is 17.8. The number of benzene rings is 10. The van der Waals surface area contributed by atoms with Gasteiger partial charge in [0, 0.05) is 12.1 Å². The fourth-order valence-electron chi connectivity index (χ4n) is 10.0. The Labute approximate surface area is 404 Å². The highest BCUT2D eigenvalue weighted by atomic mass is 16.5. The molecule has 0 aromatic heterocycles. The van der Waals surface area contributed by atoms with Gasteiger partial charge >= 0.3 is 0 Å². The average Bonchev–Trinajstić information content (AvgIpc) is 3.64. The molecule has 69 heavy (non-hydrogen) atoms. The SMILES string of the molecule is Cc1cc(C)cc(-c2ccc3c(c2)C(c2ccc(Oc4cccc(Oc5ccccc5)c4)cc2)(c2ccc(Oc4cccc(Oc5ccccc5)c4)cc2)c2cc(-c4cc(C)cc(C)c4)ccc2-3)c1. The Morgan fingerprint density at radius 1 is 0.246 bits per heavy atom. The summed E-state index contributed by atoms with van der Waals surface area (Å²) >= 11 is 0. The van der Waals surface area contributed by atoms with E-state index in [0.29, 0.717) is 23.0 Å². The van der Waals surface area contributed by atoms with E-state index in [-0.39, 0.29) is 0 Å². The first kappa shape index (κ1) is 43.0. The summed E-state index contributed by atoms with van der Waals surface area (Å²) in [5, 5.41) is 0. The molecule has 0 unspecified atom stereocenters. The van der Waals surface area contributed by atoms with Gasteiger partial charge in [0.15, 0.2) is 0 Å². The summed E-state index contributed by atoms with van der Waals surface area (Å²) in [6, 6.07) is 80.0. The van der Waals surface area contributed by atoms with Crippen LogP contribution in [0.5, 0.6) is 46.0 Å².